The van der Waals surface area contributed by atoms with E-state index in [1.54, 1.807) is 0 Å². The van der Waals surface area contributed by atoms with Gasteiger partial charge in [0.05, 0.1) is 0 Å². The van der Waals surface area contributed by atoms with E-state index in [-0.39, 0.29) is 5.92 Å². The van der Waals surface area contributed by atoms with E-state index in [1.807, 2.05) is 0 Å². The molecule has 2 atom stereocenters. The minimum atomic E-state index is -1.01. The van der Waals surface area contributed by atoms with Crippen molar-refractivity contribution in [1.82, 2.24) is 0 Å². The van der Waals surface area contributed by atoms with Crippen LogP contribution in [0.5, 0.6) is 0 Å². The van der Waals surface area contributed by atoms with Gasteiger partial charge in [0, 0.05) is 0 Å². The summed E-state index contributed by atoms with van der Waals surface area (Å²) in [5.74, 6) is 1.51. The Hall–Kier alpha value is -1.33. The molecular formula is C22H25AsO. The SMILES string of the molecule is C[As](C)C12CC(=O)C(C(c3ccccc3)C1)C(c1ccccc1)C2. The molecule has 2 aromatic carbocycles. The van der Waals surface area contributed by atoms with Crippen molar-refractivity contribution in [2.24, 2.45) is 5.92 Å². The second-order valence-corrected chi connectivity index (χ2v) is 13.5. The fourth-order valence-corrected chi connectivity index (χ4v) is 8.39. The topological polar surface area (TPSA) is 17.1 Å². The monoisotopic (exact) mass is 380 g/mol. The summed E-state index contributed by atoms with van der Waals surface area (Å²) in [7, 11) is 0. The van der Waals surface area contributed by atoms with E-state index in [4.69, 9.17) is 0 Å². The standard InChI is InChI=1S/C22H25AsO/c1-23(2)22-13-18(16-9-5-3-6-10-16)21(20(24)15-22)19(14-22)17-11-7-4-8-12-17/h3-12,18-19,21H,13-15H2,1-2H3. The summed E-state index contributed by atoms with van der Waals surface area (Å²) in [5.41, 5.74) is 7.65. The van der Waals surface area contributed by atoms with Gasteiger partial charge < -0.3 is 0 Å². The first-order valence-corrected chi connectivity index (χ1v) is 13.6. The third-order valence-corrected chi connectivity index (χ3v) is 11.4. The summed E-state index contributed by atoms with van der Waals surface area (Å²) in [6.07, 6.45) is 3.30. The molecule has 24 heavy (non-hydrogen) atoms. The zero-order chi connectivity index (χ0) is 16.7. The minimum absolute atomic E-state index is 0.172. The zero-order valence-corrected chi connectivity index (χ0v) is 16.4. The van der Waals surface area contributed by atoms with Crippen molar-refractivity contribution in [2.75, 3.05) is 0 Å². The molecule has 2 aromatic rings. The number of Topliss-reactive ketones (excluding diaryl/α,β-unsaturated/α-hetero) is 1. The fourth-order valence-electron chi connectivity index (χ4n) is 5.05. The molecule has 0 aromatic heterocycles. The molecule has 3 fully saturated rings. The van der Waals surface area contributed by atoms with E-state index in [2.05, 4.69) is 72.1 Å². The Morgan fingerprint density at radius 3 is 1.71 bits per heavy atom. The summed E-state index contributed by atoms with van der Waals surface area (Å²) in [6.45, 7) is 0. The molecule has 0 radical (unpaired) electrons. The van der Waals surface area contributed by atoms with Crippen molar-refractivity contribution in [3.63, 3.8) is 0 Å². The first-order chi connectivity index (χ1) is 11.6. The average Bonchev–Trinajstić information content (AvgIpc) is 2.62. The van der Waals surface area contributed by atoms with Crippen molar-refractivity contribution < 1.29 is 4.79 Å². The van der Waals surface area contributed by atoms with E-state index >= 15 is 0 Å². The summed E-state index contributed by atoms with van der Waals surface area (Å²) in [4.78, 5) is 13.2. The third kappa shape index (κ3) is 2.58. The molecule has 0 saturated heterocycles. The molecule has 5 rings (SSSR count). The van der Waals surface area contributed by atoms with Crippen molar-refractivity contribution in [3.05, 3.63) is 71.8 Å². The van der Waals surface area contributed by atoms with Crippen LogP contribution in [0.2, 0.25) is 15.6 Å². The van der Waals surface area contributed by atoms with Gasteiger partial charge in [0.25, 0.3) is 0 Å². The van der Waals surface area contributed by atoms with Crippen LogP contribution in [0.4, 0.5) is 0 Å². The normalized spacial score (nSPS) is 32.3. The maximum absolute atomic E-state index is 13.2. The first kappa shape index (κ1) is 16.2. The fraction of sp³-hybridized carbons (Fsp3) is 0.409. The Bertz CT molecular complexity index is 673. The second-order valence-electron chi connectivity index (χ2n) is 7.73. The molecule has 0 spiro atoms. The number of ketones is 1. The van der Waals surface area contributed by atoms with Gasteiger partial charge in [0.2, 0.25) is 0 Å². The molecule has 124 valence electrons. The van der Waals surface area contributed by atoms with Gasteiger partial charge in [-0.15, -0.1) is 0 Å². The summed E-state index contributed by atoms with van der Waals surface area (Å²) >= 11 is -1.01. The van der Waals surface area contributed by atoms with E-state index < -0.39 is 14.7 Å². The molecule has 2 bridgehead atoms. The molecule has 0 N–H and O–H groups in total. The molecule has 3 saturated carbocycles. The molecule has 0 aliphatic heterocycles. The number of rotatable bonds is 3. The number of hydrogen-bond donors (Lipinski definition) is 0. The zero-order valence-electron chi connectivity index (χ0n) is 14.5. The summed E-state index contributed by atoms with van der Waals surface area (Å²) in [5, 5.41) is 0. The maximum atomic E-state index is 13.2. The Balaban J connectivity index is 1.81. The van der Waals surface area contributed by atoms with Gasteiger partial charge in [-0.05, 0) is 0 Å². The van der Waals surface area contributed by atoms with Crippen LogP contribution in [0, 0.1) is 5.92 Å². The molecular weight excluding hydrogens is 355 g/mol. The Labute approximate surface area is 149 Å². The quantitative estimate of drug-likeness (QED) is 0.649. The average molecular weight is 380 g/mol. The van der Waals surface area contributed by atoms with Crippen LogP contribution >= 0.6 is 0 Å². The van der Waals surface area contributed by atoms with Crippen LogP contribution in [0.3, 0.4) is 0 Å². The Morgan fingerprint density at radius 1 is 0.833 bits per heavy atom. The number of carbonyl (C=O) groups excluding carboxylic acids is 1. The van der Waals surface area contributed by atoms with Gasteiger partial charge in [-0.1, -0.05) is 0 Å². The van der Waals surface area contributed by atoms with Crippen LogP contribution in [0.15, 0.2) is 60.7 Å². The second kappa shape index (κ2) is 6.19. The van der Waals surface area contributed by atoms with Crippen LogP contribution in [0.25, 0.3) is 0 Å². The van der Waals surface area contributed by atoms with Crippen molar-refractivity contribution in [2.45, 2.75) is 46.7 Å². The van der Waals surface area contributed by atoms with Crippen LogP contribution in [-0.4, -0.2) is 20.4 Å². The Morgan fingerprint density at radius 2 is 1.29 bits per heavy atom. The van der Waals surface area contributed by atoms with E-state index in [0.29, 0.717) is 21.8 Å². The number of hydrogen-bond acceptors (Lipinski definition) is 1. The van der Waals surface area contributed by atoms with Gasteiger partial charge in [-0.2, -0.15) is 0 Å². The first-order valence-electron chi connectivity index (χ1n) is 8.91. The van der Waals surface area contributed by atoms with Gasteiger partial charge in [0.15, 0.2) is 0 Å². The molecule has 3 aliphatic rings. The number of benzene rings is 2. The predicted octanol–water partition coefficient (Wildman–Crippen LogP) is 5.43. The van der Waals surface area contributed by atoms with Crippen molar-refractivity contribution in [1.29, 1.82) is 0 Å². The van der Waals surface area contributed by atoms with Gasteiger partial charge >= 0.3 is 150 Å². The molecule has 2 heteroatoms. The van der Waals surface area contributed by atoms with Gasteiger partial charge in [0.1, 0.15) is 0 Å². The van der Waals surface area contributed by atoms with E-state index in [1.165, 1.54) is 24.0 Å². The third-order valence-electron chi connectivity index (χ3n) is 6.35. The Kier molecular flexibility index (Phi) is 4.17. The van der Waals surface area contributed by atoms with Gasteiger partial charge in [-0.3, -0.25) is 0 Å². The molecule has 0 amide bonds. The van der Waals surface area contributed by atoms with Crippen LogP contribution < -0.4 is 0 Å². The van der Waals surface area contributed by atoms with E-state index in [0.717, 1.165) is 6.42 Å². The van der Waals surface area contributed by atoms with Crippen LogP contribution in [-0.2, 0) is 4.79 Å². The van der Waals surface area contributed by atoms with Gasteiger partial charge in [-0.25, -0.2) is 0 Å². The van der Waals surface area contributed by atoms with Crippen molar-refractivity contribution >= 4 is 20.4 Å². The molecule has 0 heterocycles. The molecule has 3 aliphatic carbocycles. The van der Waals surface area contributed by atoms with E-state index in [9.17, 15) is 4.79 Å². The number of fused-ring (bicyclic) bond motifs is 3. The van der Waals surface area contributed by atoms with Crippen LogP contribution in [0.1, 0.15) is 42.2 Å². The molecule has 1 nitrogen and oxygen atoms in total. The predicted molar refractivity (Wildman–Crippen MR) is 101 cm³/mol. The number of carbonyl (C=O) groups is 1. The molecule has 2 unspecified atom stereocenters. The van der Waals surface area contributed by atoms with Crippen molar-refractivity contribution in [3.8, 4) is 0 Å². The summed E-state index contributed by atoms with van der Waals surface area (Å²) < 4.78 is 0.305. The summed E-state index contributed by atoms with van der Waals surface area (Å²) in [6, 6.07) is 21.6.